The van der Waals surface area contributed by atoms with Crippen LogP contribution in [0.25, 0.3) is 16.6 Å². The van der Waals surface area contributed by atoms with Crippen LogP contribution in [0.4, 0.5) is 11.4 Å². The van der Waals surface area contributed by atoms with Gasteiger partial charge in [0, 0.05) is 41.7 Å². The number of hydrogen-bond acceptors (Lipinski definition) is 7. The molecule has 0 saturated heterocycles. The average molecular weight is 575 g/mol. The van der Waals surface area contributed by atoms with Gasteiger partial charge < -0.3 is 26.0 Å². The fourth-order valence-corrected chi connectivity index (χ4v) is 7.11. The zero-order valence-corrected chi connectivity index (χ0v) is 24.1. The van der Waals surface area contributed by atoms with Crippen LogP contribution < -0.4 is 15.8 Å². The van der Waals surface area contributed by atoms with E-state index in [1.807, 2.05) is 29.8 Å². The van der Waals surface area contributed by atoms with Gasteiger partial charge >= 0.3 is 0 Å². The summed E-state index contributed by atoms with van der Waals surface area (Å²) in [5.74, 6) is 2.10. The largest absolute Gasteiger partial charge is 0.508 e. The minimum absolute atomic E-state index is 0.0552. The molecule has 2 saturated carbocycles. The number of aromatic hydroxyl groups is 1. The number of fused-ring (bicyclic) bond motifs is 3. The molecular formula is C31H35ClN6O3. The predicted molar refractivity (Wildman–Crippen MR) is 161 cm³/mol. The highest BCUT2D eigenvalue weighted by atomic mass is 35.5. The first-order chi connectivity index (χ1) is 19.6. The Morgan fingerprint density at radius 2 is 2.00 bits per heavy atom. The number of nitrogens with one attached hydrogen (secondary N) is 1. The van der Waals surface area contributed by atoms with E-state index in [0.717, 1.165) is 48.0 Å². The van der Waals surface area contributed by atoms with Crippen molar-refractivity contribution >= 4 is 34.3 Å². The highest BCUT2D eigenvalue weighted by Gasteiger charge is 2.45. The highest BCUT2D eigenvalue weighted by molar-refractivity contribution is 6.33. The summed E-state index contributed by atoms with van der Waals surface area (Å²) in [6.45, 7) is 4.25. The number of aliphatic imine (C=N–C) groups is 1. The molecule has 2 bridgehead atoms. The zero-order chi connectivity index (χ0) is 28.9. The van der Waals surface area contributed by atoms with Crippen molar-refractivity contribution in [3.05, 3.63) is 65.6 Å². The Morgan fingerprint density at radius 1 is 1.17 bits per heavy atom. The van der Waals surface area contributed by atoms with Crippen LogP contribution in [0.3, 0.4) is 0 Å². The quantitative estimate of drug-likeness (QED) is 0.169. The Balaban J connectivity index is 1.46. The number of hydrogen-bond donors (Lipinski definition) is 4. The van der Waals surface area contributed by atoms with Crippen molar-refractivity contribution in [2.75, 3.05) is 12.4 Å². The van der Waals surface area contributed by atoms with Crippen molar-refractivity contribution in [2.45, 2.75) is 51.2 Å². The van der Waals surface area contributed by atoms with Gasteiger partial charge in [-0.05, 0) is 74.6 Å². The molecule has 3 heterocycles. The molecule has 10 heteroatoms. The summed E-state index contributed by atoms with van der Waals surface area (Å²) >= 11 is 6.35. The third-order valence-corrected chi connectivity index (χ3v) is 8.87. The van der Waals surface area contributed by atoms with E-state index < -0.39 is 5.60 Å². The molecule has 5 atom stereocenters. The number of halogens is 1. The van der Waals surface area contributed by atoms with Gasteiger partial charge in [-0.3, -0.25) is 0 Å². The second-order valence-corrected chi connectivity index (χ2v) is 12.3. The maximum Gasteiger partial charge on any atom is 0.212 e. The fourth-order valence-electron chi connectivity index (χ4n) is 6.89. The molecule has 0 aliphatic heterocycles. The lowest BCUT2D eigenvalue weighted by Gasteiger charge is -2.49. The number of nitrogens with two attached hydrogens (primary N) is 1. The maximum atomic E-state index is 11.0. The minimum Gasteiger partial charge on any atom is -0.508 e. The molecule has 5 unspecified atom stereocenters. The number of phenols is 1. The van der Waals surface area contributed by atoms with Gasteiger partial charge in [0.2, 0.25) is 5.88 Å². The summed E-state index contributed by atoms with van der Waals surface area (Å²) in [5.41, 5.74) is 10.6. The number of aromatic nitrogens is 3. The molecule has 5 N–H and O–H groups in total. The first-order valence-electron chi connectivity index (χ1n) is 13.9. The summed E-state index contributed by atoms with van der Waals surface area (Å²) in [7, 11) is 1.59. The van der Waals surface area contributed by atoms with E-state index in [1.54, 1.807) is 25.6 Å². The predicted octanol–water partition coefficient (Wildman–Crippen LogP) is 5.79. The SMILES string of the molecule is COc1ccc(-c2cc3c(NC4C(C)CC5CC4CC(C)(O)C5)c(C(N)=Nc4ccc(O)cc4Cl)cnn3c2)cn1. The number of aliphatic hydroxyl groups is 1. The lowest BCUT2D eigenvalue weighted by molar-refractivity contribution is -0.0501. The van der Waals surface area contributed by atoms with Gasteiger partial charge in [-0.25, -0.2) is 14.5 Å². The summed E-state index contributed by atoms with van der Waals surface area (Å²) < 4.78 is 7.06. The molecular weight excluding hydrogens is 540 g/mol. The smallest absolute Gasteiger partial charge is 0.212 e. The summed E-state index contributed by atoms with van der Waals surface area (Å²) in [4.78, 5) is 8.98. The molecule has 0 radical (unpaired) electrons. The van der Waals surface area contributed by atoms with Crippen molar-refractivity contribution in [1.29, 1.82) is 0 Å². The van der Waals surface area contributed by atoms with E-state index in [9.17, 15) is 10.2 Å². The zero-order valence-electron chi connectivity index (χ0n) is 23.4. The summed E-state index contributed by atoms with van der Waals surface area (Å²) in [6, 6.07) is 10.6. The van der Waals surface area contributed by atoms with Gasteiger partial charge in [0.25, 0.3) is 0 Å². The van der Waals surface area contributed by atoms with Gasteiger partial charge in [-0.2, -0.15) is 5.10 Å². The molecule has 3 aromatic heterocycles. The highest BCUT2D eigenvalue weighted by Crippen LogP contribution is 2.48. The van der Waals surface area contributed by atoms with Crippen molar-refractivity contribution in [3.8, 4) is 22.8 Å². The number of nitrogens with zero attached hydrogens (tertiary/aromatic N) is 4. The standard InChI is InChI=1S/C31H35ClN6O3/c1-17-8-18-9-20(13-31(2,40)12-18)28(17)37-29-23(30(33)36-25-6-5-22(39)11-24(25)32)15-35-38-16-21(10-26(29)38)19-4-7-27(41-3)34-14-19/h4-7,10-11,14-18,20,28,37,39-40H,8-9,12-13H2,1-3H3,(H2,33,36). The maximum absolute atomic E-state index is 11.0. The number of anilines is 1. The molecule has 2 aliphatic rings. The van der Waals surface area contributed by atoms with Crippen LogP contribution in [0.5, 0.6) is 11.6 Å². The van der Waals surface area contributed by atoms with Crippen LogP contribution >= 0.6 is 11.6 Å². The summed E-state index contributed by atoms with van der Waals surface area (Å²) in [6.07, 6.45) is 9.20. The molecule has 214 valence electrons. The van der Waals surface area contributed by atoms with Gasteiger partial charge in [0.15, 0.2) is 0 Å². The number of pyridine rings is 1. The third kappa shape index (κ3) is 5.44. The Kier molecular flexibility index (Phi) is 7.03. The lowest BCUT2D eigenvalue weighted by atomic mass is 9.61. The van der Waals surface area contributed by atoms with E-state index in [2.05, 4.69) is 33.4 Å². The van der Waals surface area contributed by atoms with Crippen LogP contribution in [-0.4, -0.2) is 49.4 Å². The number of amidine groups is 1. The van der Waals surface area contributed by atoms with Crippen molar-refractivity contribution < 1.29 is 14.9 Å². The topological polar surface area (TPSA) is 130 Å². The van der Waals surface area contributed by atoms with Crippen LogP contribution in [0.2, 0.25) is 5.02 Å². The number of benzene rings is 1. The van der Waals surface area contributed by atoms with E-state index >= 15 is 0 Å². The van der Waals surface area contributed by atoms with Gasteiger partial charge in [0.1, 0.15) is 11.6 Å². The first kappa shape index (κ1) is 27.4. The lowest BCUT2D eigenvalue weighted by Crippen LogP contribution is -2.50. The first-order valence-corrected chi connectivity index (χ1v) is 14.3. The van der Waals surface area contributed by atoms with Gasteiger partial charge in [-0.1, -0.05) is 18.5 Å². The van der Waals surface area contributed by atoms with Crippen molar-refractivity contribution in [3.63, 3.8) is 0 Å². The van der Waals surface area contributed by atoms with Crippen LogP contribution in [-0.2, 0) is 0 Å². The number of ether oxygens (including phenoxy) is 1. The molecule has 4 aromatic rings. The number of rotatable bonds is 6. The second-order valence-electron chi connectivity index (χ2n) is 11.9. The molecule has 2 aliphatic carbocycles. The molecule has 9 nitrogen and oxygen atoms in total. The molecule has 41 heavy (non-hydrogen) atoms. The molecule has 2 fully saturated rings. The summed E-state index contributed by atoms with van der Waals surface area (Å²) in [5, 5.41) is 29.6. The Labute approximate surface area is 244 Å². The van der Waals surface area contributed by atoms with E-state index in [4.69, 9.17) is 22.1 Å². The molecule has 6 rings (SSSR count). The molecule has 1 aromatic carbocycles. The van der Waals surface area contributed by atoms with Crippen LogP contribution in [0.15, 0.2) is 60.0 Å². The average Bonchev–Trinajstić information content (AvgIpc) is 3.36. The Hall–Kier alpha value is -3.82. The normalized spacial score (nSPS) is 26.2. The van der Waals surface area contributed by atoms with Crippen LogP contribution in [0, 0.1) is 17.8 Å². The molecule has 0 amide bonds. The van der Waals surface area contributed by atoms with E-state index in [1.165, 1.54) is 12.1 Å². The fraction of sp³-hybridized carbons (Fsp3) is 0.387. The van der Waals surface area contributed by atoms with E-state index in [-0.39, 0.29) is 17.6 Å². The van der Waals surface area contributed by atoms with Crippen molar-refractivity contribution in [1.82, 2.24) is 14.6 Å². The van der Waals surface area contributed by atoms with Crippen molar-refractivity contribution in [2.24, 2.45) is 28.5 Å². The monoisotopic (exact) mass is 574 g/mol. The third-order valence-electron chi connectivity index (χ3n) is 8.57. The molecule has 0 spiro atoms. The Morgan fingerprint density at radius 3 is 2.73 bits per heavy atom. The van der Waals surface area contributed by atoms with Gasteiger partial charge in [0.05, 0.1) is 46.4 Å². The van der Waals surface area contributed by atoms with E-state index in [0.29, 0.717) is 39.9 Å². The minimum atomic E-state index is -0.663. The number of methoxy groups -OCH3 is 1. The number of phenolic OH excluding ortho intramolecular Hbond substituents is 1. The second kappa shape index (κ2) is 10.5. The van der Waals surface area contributed by atoms with Gasteiger partial charge in [-0.15, -0.1) is 0 Å². The van der Waals surface area contributed by atoms with Crippen LogP contribution in [0.1, 0.15) is 45.1 Å². The Bertz CT molecular complexity index is 1610.